The summed E-state index contributed by atoms with van der Waals surface area (Å²) in [5.74, 6) is 0.788. The molecule has 21 heavy (non-hydrogen) atoms. The number of anilines is 1. The normalized spacial score (nSPS) is 14.6. The molecule has 0 atom stereocenters. The number of nitrogens with two attached hydrogens (primary N) is 1. The number of hydrogen-bond donors (Lipinski definition) is 1. The molecule has 5 heteroatoms. The first-order valence-electron chi connectivity index (χ1n) is 7.43. The number of unbranched alkanes of at least 4 members (excludes halogenated alkanes) is 1. The van der Waals surface area contributed by atoms with E-state index in [9.17, 15) is 8.78 Å². The van der Waals surface area contributed by atoms with Gasteiger partial charge in [-0.1, -0.05) is 13.3 Å². The van der Waals surface area contributed by atoms with Crippen LogP contribution in [0.1, 0.15) is 44.3 Å². The van der Waals surface area contributed by atoms with Crippen LogP contribution in [0.2, 0.25) is 0 Å². The molecule has 1 aliphatic rings. The minimum Gasteiger partial charge on any atom is -0.383 e. The third kappa shape index (κ3) is 2.64. The molecule has 1 saturated carbocycles. The molecule has 1 heterocycles. The van der Waals surface area contributed by atoms with E-state index in [2.05, 4.69) is 11.9 Å². The van der Waals surface area contributed by atoms with Gasteiger partial charge in [0.05, 0.1) is 0 Å². The Bertz CT molecular complexity index is 660. The van der Waals surface area contributed by atoms with Crippen LogP contribution in [-0.4, -0.2) is 9.55 Å². The van der Waals surface area contributed by atoms with Crippen molar-refractivity contribution in [3.63, 3.8) is 0 Å². The number of rotatable bonds is 5. The number of hydrogen-bond acceptors (Lipinski definition) is 2. The number of nitrogen functional groups attached to an aromatic ring is 1. The molecule has 1 aliphatic carbocycles. The molecule has 0 spiro atoms. The van der Waals surface area contributed by atoms with Crippen molar-refractivity contribution >= 4 is 5.82 Å². The second-order valence-electron chi connectivity index (χ2n) is 5.61. The topological polar surface area (TPSA) is 43.8 Å². The lowest BCUT2D eigenvalue weighted by molar-refractivity contribution is 0.602. The third-order valence-electron chi connectivity index (χ3n) is 3.90. The van der Waals surface area contributed by atoms with Crippen LogP contribution in [-0.2, 0) is 6.54 Å². The zero-order chi connectivity index (χ0) is 15.0. The van der Waals surface area contributed by atoms with E-state index in [1.165, 1.54) is 0 Å². The highest BCUT2D eigenvalue weighted by atomic mass is 19.1. The summed E-state index contributed by atoms with van der Waals surface area (Å²) in [4.78, 5) is 4.53. The second kappa shape index (κ2) is 5.47. The zero-order valence-electron chi connectivity index (χ0n) is 12.1. The summed E-state index contributed by atoms with van der Waals surface area (Å²) in [6, 6.07) is 3.38. The molecule has 0 amide bonds. The average molecular weight is 291 g/mol. The van der Waals surface area contributed by atoms with Crippen molar-refractivity contribution in [3.05, 3.63) is 35.7 Å². The van der Waals surface area contributed by atoms with Gasteiger partial charge in [0.2, 0.25) is 0 Å². The Hall–Kier alpha value is -1.91. The highest BCUT2D eigenvalue weighted by Gasteiger charge is 2.31. The SMILES string of the molecule is CCCCn1c(C2CC2)nc(-c2cc(F)ccc2F)c1N. The van der Waals surface area contributed by atoms with Crippen molar-refractivity contribution in [2.24, 2.45) is 0 Å². The summed E-state index contributed by atoms with van der Waals surface area (Å²) in [6.45, 7) is 2.88. The van der Waals surface area contributed by atoms with Gasteiger partial charge in [-0.2, -0.15) is 0 Å². The monoisotopic (exact) mass is 291 g/mol. The second-order valence-corrected chi connectivity index (χ2v) is 5.61. The molecule has 1 aromatic heterocycles. The lowest BCUT2D eigenvalue weighted by Gasteiger charge is -2.08. The summed E-state index contributed by atoms with van der Waals surface area (Å²) < 4.78 is 29.3. The van der Waals surface area contributed by atoms with Crippen molar-refractivity contribution < 1.29 is 8.78 Å². The molecular formula is C16H19F2N3. The van der Waals surface area contributed by atoms with Gasteiger partial charge in [0, 0.05) is 18.0 Å². The Kier molecular flexibility index (Phi) is 3.66. The van der Waals surface area contributed by atoms with E-state index in [0.29, 0.717) is 17.4 Å². The van der Waals surface area contributed by atoms with Gasteiger partial charge in [0.1, 0.15) is 29.0 Å². The summed E-state index contributed by atoms with van der Waals surface area (Å²) >= 11 is 0. The number of benzene rings is 1. The first kappa shape index (κ1) is 14.0. The maximum atomic E-state index is 14.0. The number of nitrogens with zero attached hydrogens (tertiary/aromatic N) is 2. The fourth-order valence-electron chi connectivity index (χ4n) is 2.57. The fourth-order valence-corrected chi connectivity index (χ4v) is 2.57. The highest BCUT2D eigenvalue weighted by Crippen LogP contribution is 2.42. The van der Waals surface area contributed by atoms with Crippen molar-refractivity contribution in [2.45, 2.75) is 45.1 Å². The molecule has 0 aliphatic heterocycles. The van der Waals surface area contributed by atoms with Gasteiger partial charge in [-0.3, -0.25) is 0 Å². The van der Waals surface area contributed by atoms with Gasteiger partial charge in [-0.05, 0) is 37.5 Å². The van der Waals surface area contributed by atoms with Crippen LogP contribution in [0.4, 0.5) is 14.6 Å². The molecular weight excluding hydrogens is 272 g/mol. The van der Waals surface area contributed by atoms with E-state index < -0.39 is 11.6 Å². The first-order chi connectivity index (χ1) is 10.1. The number of imidazole rings is 1. The summed E-state index contributed by atoms with van der Waals surface area (Å²) in [7, 11) is 0. The minimum absolute atomic E-state index is 0.143. The van der Waals surface area contributed by atoms with Crippen molar-refractivity contribution in [1.29, 1.82) is 0 Å². The van der Waals surface area contributed by atoms with E-state index in [4.69, 9.17) is 5.73 Å². The predicted molar refractivity (Wildman–Crippen MR) is 78.9 cm³/mol. The molecule has 1 aromatic carbocycles. The Balaban J connectivity index is 2.08. The molecule has 0 unspecified atom stereocenters. The lowest BCUT2D eigenvalue weighted by Crippen LogP contribution is -2.06. The van der Waals surface area contributed by atoms with E-state index in [-0.39, 0.29) is 5.56 Å². The van der Waals surface area contributed by atoms with Gasteiger partial charge in [-0.15, -0.1) is 0 Å². The molecule has 2 N–H and O–H groups in total. The van der Waals surface area contributed by atoms with Gasteiger partial charge in [0.15, 0.2) is 0 Å². The maximum Gasteiger partial charge on any atom is 0.132 e. The van der Waals surface area contributed by atoms with E-state index in [1.807, 2.05) is 4.57 Å². The number of halogens is 2. The summed E-state index contributed by atoms with van der Waals surface area (Å²) in [5.41, 5.74) is 6.68. The summed E-state index contributed by atoms with van der Waals surface area (Å²) in [6.07, 6.45) is 4.22. The van der Waals surface area contributed by atoms with Crippen LogP contribution in [0.5, 0.6) is 0 Å². The van der Waals surface area contributed by atoms with Crippen LogP contribution in [0.3, 0.4) is 0 Å². The largest absolute Gasteiger partial charge is 0.383 e. The average Bonchev–Trinajstić information content (AvgIpc) is 3.25. The number of aromatic nitrogens is 2. The Morgan fingerprint density at radius 2 is 2.10 bits per heavy atom. The van der Waals surface area contributed by atoms with Crippen molar-refractivity contribution in [2.75, 3.05) is 5.73 Å². The Labute approximate surface area is 122 Å². The molecule has 0 bridgehead atoms. The quantitative estimate of drug-likeness (QED) is 0.901. The van der Waals surface area contributed by atoms with Crippen molar-refractivity contribution in [3.8, 4) is 11.3 Å². The third-order valence-corrected chi connectivity index (χ3v) is 3.90. The van der Waals surface area contributed by atoms with E-state index in [1.54, 1.807) is 0 Å². The van der Waals surface area contributed by atoms with Gasteiger partial charge >= 0.3 is 0 Å². The predicted octanol–water partition coefficient (Wildman–Crippen LogP) is 4.09. The van der Waals surface area contributed by atoms with Crippen LogP contribution >= 0.6 is 0 Å². The Morgan fingerprint density at radius 1 is 1.33 bits per heavy atom. The maximum absolute atomic E-state index is 14.0. The molecule has 1 fully saturated rings. The molecule has 2 aromatic rings. The smallest absolute Gasteiger partial charge is 0.132 e. The minimum atomic E-state index is -0.495. The standard InChI is InChI=1S/C16H19F2N3/c1-2-3-8-21-15(19)14(20-16(21)10-4-5-10)12-9-11(17)6-7-13(12)18/h6-7,9-10H,2-5,8,19H2,1H3. The van der Waals surface area contributed by atoms with Crippen LogP contribution in [0.15, 0.2) is 18.2 Å². The van der Waals surface area contributed by atoms with Crippen molar-refractivity contribution in [1.82, 2.24) is 9.55 Å². The molecule has 0 radical (unpaired) electrons. The van der Waals surface area contributed by atoms with Gasteiger partial charge < -0.3 is 10.3 Å². The van der Waals surface area contributed by atoms with E-state index in [0.717, 1.165) is 56.3 Å². The van der Waals surface area contributed by atoms with Gasteiger partial charge in [-0.25, -0.2) is 13.8 Å². The molecule has 3 nitrogen and oxygen atoms in total. The van der Waals surface area contributed by atoms with Crippen LogP contribution < -0.4 is 5.73 Å². The van der Waals surface area contributed by atoms with Gasteiger partial charge in [0.25, 0.3) is 0 Å². The Morgan fingerprint density at radius 3 is 2.76 bits per heavy atom. The lowest BCUT2D eigenvalue weighted by atomic mass is 10.1. The first-order valence-corrected chi connectivity index (χ1v) is 7.43. The molecule has 3 rings (SSSR count). The fraction of sp³-hybridized carbons (Fsp3) is 0.438. The van der Waals surface area contributed by atoms with Crippen LogP contribution in [0.25, 0.3) is 11.3 Å². The molecule has 0 saturated heterocycles. The zero-order valence-corrected chi connectivity index (χ0v) is 12.1. The molecule has 112 valence electrons. The van der Waals surface area contributed by atoms with Crippen LogP contribution in [0, 0.1) is 11.6 Å². The highest BCUT2D eigenvalue weighted by molar-refractivity contribution is 5.71. The van der Waals surface area contributed by atoms with E-state index >= 15 is 0 Å². The summed E-state index contributed by atoms with van der Waals surface area (Å²) in [5, 5.41) is 0.